The van der Waals surface area contributed by atoms with Gasteiger partial charge >= 0.3 is 6.09 Å². The van der Waals surface area contributed by atoms with E-state index in [4.69, 9.17) is 14.2 Å². The van der Waals surface area contributed by atoms with Crippen LogP contribution in [-0.2, 0) is 27.1 Å². The Hall–Kier alpha value is -3.64. The smallest absolute Gasteiger partial charge is 0.410 e. The van der Waals surface area contributed by atoms with Crippen molar-refractivity contribution in [3.63, 3.8) is 0 Å². The number of fused-ring (bicyclic) bond motifs is 6. The maximum Gasteiger partial charge on any atom is 0.410 e. The van der Waals surface area contributed by atoms with E-state index in [-0.39, 0.29) is 35.8 Å². The van der Waals surface area contributed by atoms with Crippen molar-refractivity contribution in [2.24, 2.45) is 5.92 Å². The number of ether oxygens (including phenoxy) is 3. The third kappa shape index (κ3) is 4.51. The van der Waals surface area contributed by atoms with Gasteiger partial charge in [-0.15, -0.1) is 0 Å². The van der Waals surface area contributed by atoms with Crippen molar-refractivity contribution >= 4 is 11.9 Å². The average Bonchev–Trinajstić information content (AvgIpc) is 3.56. The van der Waals surface area contributed by atoms with Gasteiger partial charge in [0, 0.05) is 24.7 Å². The minimum Gasteiger partial charge on any atom is -0.493 e. The number of nitrogens with zero attached hydrogens (tertiary/aromatic N) is 1. The normalized spacial score (nSPS) is 23.0. The van der Waals surface area contributed by atoms with Crippen molar-refractivity contribution in [1.82, 2.24) is 4.90 Å². The summed E-state index contributed by atoms with van der Waals surface area (Å²) in [6, 6.07) is 22.7. The zero-order valence-corrected chi connectivity index (χ0v) is 22.0. The van der Waals surface area contributed by atoms with Crippen molar-refractivity contribution in [2.75, 3.05) is 26.4 Å². The molecule has 0 radical (unpaired) electrons. The SMILES string of the molecule is O=C(CCc1ccc2c(c1)CCO2)C1CC2COCC(C1)N2C(=O)OCC1c2ccccc2-c2ccccc21. The van der Waals surface area contributed by atoms with Gasteiger partial charge in [-0.25, -0.2) is 4.79 Å². The Labute approximate surface area is 228 Å². The number of hydrogen-bond acceptors (Lipinski definition) is 5. The van der Waals surface area contributed by atoms with Gasteiger partial charge in [0.1, 0.15) is 18.1 Å². The Balaban J connectivity index is 0.987. The van der Waals surface area contributed by atoms with E-state index in [1.54, 1.807) is 0 Å². The molecule has 39 heavy (non-hydrogen) atoms. The molecule has 7 rings (SSSR count). The number of piperidine rings is 1. The molecule has 3 aromatic carbocycles. The van der Waals surface area contributed by atoms with E-state index in [0.717, 1.165) is 25.2 Å². The van der Waals surface area contributed by atoms with E-state index in [0.29, 0.717) is 39.1 Å². The lowest BCUT2D eigenvalue weighted by atomic mass is 9.81. The summed E-state index contributed by atoms with van der Waals surface area (Å²) in [4.78, 5) is 28.5. The molecule has 1 amide bonds. The maximum atomic E-state index is 13.4. The molecule has 3 aromatic rings. The Kier molecular flexibility index (Phi) is 6.36. The van der Waals surface area contributed by atoms with Crippen LogP contribution in [0.25, 0.3) is 11.1 Å². The number of carbonyl (C=O) groups is 2. The first-order valence-corrected chi connectivity index (χ1v) is 14.1. The lowest BCUT2D eigenvalue weighted by molar-refractivity contribution is -0.131. The lowest BCUT2D eigenvalue weighted by Gasteiger charge is -2.47. The zero-order chi connectivity index (χ0) is 26.3. The van der Waals surface area contributed by atoms with Gasteiger partial charge in [-0.05, 0) is 58.7 Å². The number of hydrogen-bond donors (Lipinski definition) is 0. The van der Waals surface area contributed by atoms with Crippen LogP contribution in [0.5, 0.6) is 5.75 Å². The first-order chi connectivity index (χ1) is 19.2. The van der Waals surface area contributed by atoms with Gasteiger partial charge in [-0.1, -0.05) is 60.7 Å². The Morgan fingerprint density at radius 1 is 0.897 bits per heavy atom. The molecule has 6 heteroatoms. The number of amides is 1. The van der Waals surface area contributed by atoms with Gasteiger partial charge in [-0.2, -0.15) is 0 Å². The van der Waals surface area contributed by atoms with Crippen LogP contribution in [0.4, 0.5) is 4.79 Å². The molecular formula is C33H33NO5. The third-order valence-electron chi connectivity index (χ3n) is 8.94. The summed E-state index contributed by atoms with van der Waals surface area (Å²) in [6.45, 7) is 1.95. The molecule has 2 saturated heterocycles. The third-order valence-corrected chi connectivity index (χ3v) is 8.94. The fourth-order valence-electron chi connectivity index (χ4n) is 7.01. The summed E-state index contributed by atoms with van der Waals surface area (Å²) in [7, 11) is 0. The number of aryl methyl sites for hydroxylation is 1. The van der Waals surface area contributed by atoms with Crippen molar-refractivity contribution in [3.8, 4) is 16.9 Å². The van der Waals surface area contributed by atoms with Crippen LogP contribution in [0.1, 0.15) is 47.4 Å². The fraction of sp³-hybridized carbons (Fsp3) is 0.394. The summed E-state index contributed by atoms with van der Waals surface area (Å²) in [5.41, 5.74) is 7.26. The minimum absolute atomic E-state index is 0.0299. The highest BCUT2D eigenvalue weighted by Crippen LogP contribution is 2.44. The molecule has 0 aromatic heterocycles. The summed E-state index contributed by atoms with van der Waals surface area (Å²) < 4.78 is 17.4. The second kappa shape index (κ2) is 10.2. The molecule has 2 bridgehead atoms. The van der Waals surface area contributed by atoms with E-state index in [1.165, 1.54) is 33.4 Å². The highest BCUT2D eigenvalue weighted by Gasteiger charge is 2.44. The van der Waals surface area contributed by atoms with Gasteiger partial charge in [-0.3, -0.25) is 9.69 Å². The number of morpholine rings is 1. The first-order valence-electron chi connectivity index (χ1n) is 14.1. The highest BCUT2D eigenvalue weighted by atomic mass is 16.6. The van der Waals surface area contributed by atoms with Gasteiger partial charge in [0.05, 0.1) is 31.9 Å². The van der Waals surface area contributed by atoms with Gasteiger partial charge in [0.2, 0.25) is 0 Å². The van der Waals surface area contributed by atoms with Crippen LogP contribution >= 0.6 is 0 Å². The molecule has 3 aliphatic heterocycles. The maximum absolute atomic E-state index is 13.4. The molecule has 0 spiro atoms. The number of benzene rings is 3. The van der Waals surface area contributed by atoms with E-state index in [9.17, 15) is 9.59 Å². The van der Waals surface area contributed by atoms with Crippen LogP contribution in [-0.4, -0.2) is 55.3 Å². The molecule has 4 aliphatic rings. The molecular weight excluding hydrogens is 490 g/mol. The Bertz CT molecular complexity index is 1360. The number of carbonyl (C=O) groups excluding carboxylic acids is 2. The highest BCUT2D eigenvalue weighted by molar-refractivity contribution is 5.82. The Morgan fingerprint density at radius 2 is 1.59 bits per heavy atom. The number of ketones is 1. The van der Waals surface area contributed by atoms with Crippen LogP contribution < -0.4 is 4.74 Å². The van der Waals surface area contributed by atoms with E-state index in [2.05, 4.69) is 48.5 Å². The van der Waals surface area contributed by atoms with Crippen LogP contribution in [0.2, 0.25) is 0 Å². The topological polar surface area (TPSA) is 65.1 Å². The quantitative estimate of drug-likeness (QED) is 0.424. The standard InChI is InChI=1S/C33H33NO5/c35-31(11-9-21-10-12-32-22(15-21)13-14-38-32)23-16-24-18-37-19-25(17-23)34(24)33(36)39-20-30-28-7-3-1-5-26(28)27-6-2-4-8-29(27)30/h1-8,10,12,15,23-25,30H,9,11,13-14,16-20H2. The van der Waals surface area contributed by atoms with Gasteiger partial charge in [0.25, 0.3) is 0 Å². The predicted octanol–water partition coefficient (Wildman–Crippen LogP) is 5.55. The Morgan fingerprint density at radius 3 is 2.31 bits per heavy atom. The minimum atomic E-state index is -0.290. The van der Waals surface area contributed by atoms with E-state index >= 15 is 0 Å². The van der Waals surface area contributed by atoms with Crippen molar-refractivity contribution < 1.29 is 23.8 Å². The number of rotatable bonds is 6. The molecule has 2 fully saturated rings. The van der Waals surface area contributed by atoms with Crippen LogP contribution in [0, 0.1) is 5.92 Å². The van der Waals surface area contributed by atoms with Crippen molar-refractivity contribution in [2.45, 2.75) is 50.1 Å². The summed E-state index contributed by atoms with van der Waals surface area (Å²) in [5.74, 6) is 1.25. The first kappa shape index (κ1) is 24.4. The molecule has 2 unspecified atom stereocenters. The zero-order valence-electron chi connectivity index (χ0n) is 22.0. The molecule has 0 N–H and O–H groups in total. The van der Waals surface area contributed by atoms with E-state index < -0.39 is 0 Å². The monoisotopic (exact) mass is 523 g/mol. The molecule has 2 atom stereocenters. The summed E-state index contributed by atoms with van der Waals surface area (Å²) in [5, 5.41) is 0. The van der Waals surface area contributed by atoms with Crippen molar-refractivity contribution in [3.05, 3.63) is 89.0 Å². The van der Waals surface area contributed by atoms with E-state index in [1.807, 2.05) is 23.1 Å². The van der Waals surface area contributed by atoms with Crippen LogP contribution in [0.15, 0.2) is 66.7 Å². The average molecular weight is 524 g/mol. The molecule has 0 saturated carbocycles. The predicted molar refractivity (Wildman–Crippen MR) is 147 cm³/mol. The second-order valence-corrected chi connectivity index (χ2v) is 11.2. The van der Waals surface area contributed by atoms with Crippen LogP contribution in [0.3, 0.4) is 0 Å². The molecule has 1 aliphatic carbocycles. The number of Topliss-reactive ketones (excluding diaryl/α,β-unsaturated/α-hetero) is 1. The summed E-state index contributed by atoms with van der Waals surface area (Å²) in [6.07, 6.45) is 3.19. The molecule has 3 heterocycles. The second-order valence-electron chi connectivity index (χ2n) is 11.2. The molecule has 200 valence electrons. The molecule has 6 nitrogen and oxygen atoms in total. The van der Waals surface area contributed by atoms with Crippen molar-refractivity contribution in [1.29, 1.82) is 0 Å². The summed E-state index contributed by atoms with van der Waals surface area (Å²) >= 11 is 0. The van der Waals surface area contributed by atoms with Gasteiger partial charge < -0.3 is 14.2 Å². The fourth-order valence-corrected chi connectivity index (χ4v) is 7.01. The lowest BCUT2D eigenvalue weighted by Crippen LogP contribution is -2.60. The largest absolute Gasteiger partial charge is 0.493 e. The van der Waals surface area contributed by atoms with Gasteiger partial charge in [0.15, 0.2) is 0 Å².